The topological polar surface area (TPSA) is 99.1 Å². The Hall–Kier alpha value is -3.20. The maximum absolute atomic E-state index is 10.5. The fourth-order valence-corrected chi connectivity index (χ4v) is 3.93. The molecule has 1 atom stereocenters. The van der Waals surface area contributed by atoms with Crippen molar-refractivity contribution in [2.45, 2.75) is 19.5 Å². The summed E-state index contributed by atoms with van der Waals surface area (Å²) in [6.45, 7) is 5.45. The molecule has 0 radical (unpaired) electrons. The van der Waals surface area contributed by atoms with Crippen molar-refractivity contribution in [1.29, 1.82) is 0 Å². The number of pyridine rings is 2. The molecule has 0 aliphatic carbocycles. The van der Waals surface area contributed by atoms with Gasteiger partial charge in [-0.15, -0.1) is 35.0 Å². The summed E-state index contributed by atoms with van der Waals surface area (Å²) in [5.74, 6) is 0.897. The minimum absolute atomic E-state index is 0. The van der Waals surface area contributed by atoms with Crippen LogP contribution < -0.4 is 15.5 Å². The first-order chi connectivity index (χ1) is 15.7. The highest BCUT2D eigenvalue weighted by molar-refractivity contribution is 5.85. The molecule has 0 spiro atoms. The Balaban J connectivity index is 0.00000162. The summed E-state index contributed by atoms with van der Waals surface area (Å²) in [5, 5.41) is 27.0. The number of nitrogens with one attached hydrogen (secondary N) is 2. The normalized spacial score (nSPS) is 15.3. The van der Waals surface area contributed by atoms with Gasteiger partial charge in [-0.3, -0.25) is 4.98 Å². The van der Waals surface area contributed by atoms with Crippen molar-refractivity contribution in [3.63, 3.8) is 0 Å². The molecule has 1 saturated heterocycles. The summed E-state index contributed by atoms with van der Waals surface area (Å²) in [7, 11) is 0. The summed E-state index contributed by atoms with van der Waals surface area (Å²) in [5.41, 5.74) is 3.70. The SMILES string of the molecule is CC1CN(c2ccc(-c3ncc(NCc4cnc5ccccc5c4)cc3O)nn2)CCN1.Cl.Cl. The van der Waals surface area contributed by atoms with Gasteiger partial charge >= 0.3 is 0 Å². The zero-order valence-corrected chi connectivity index (χ0v) is 20.3. The molecular weight excluding hydrogens is 473 g/mol. The van der Waals surface area contributed by atoms with Crippen LogP contribution in [0.1, 0.15) is 12.5 Å². The van der Waals surface area contributed by atoms with E-state index in [1.54, 1.807) is 12.3 Å². The molecule has 3 N–H and O–H groups in total. The Kier molecular flexibility index (Phi) is 8.44. The standard InChI is InChI=1S/C24H25N7O.2ClH/c1-16-15-31(9-8-25-16)23-7-6-21(29-30-23)24-22(32)11-19(14-28-24)26-12-17-10-18-4-2-3-5-20(18)27-13-17;;/h2-7,10-11,13-14,16,25-26,32H,8-9,12,15H2,1H3;2*1H. The number of rotatable bonds is 5. The zero-order valence-electron chi connectivity index (χ0n) is 18.7. The summed E-state index contributed by atoms with van der Waals surface area (Å²) in [4.78, 5) is 11.1. The van der Waals surface area contributed by atoms with Crippen molar-refractivity contribution in [3.05, 3.63) is 66.5 Å². The fourth-order valence-electron chi connectivity index (χ4n) is 3.93. The van der Waals surface area contributed by atoms with Crippen LogP contribution in [0.25, 0.3) is 22.3 Å². The fraction of sp³-hybridized carbons (Fsp3) is 0.250. The van der Waals surface area contributed by atoms with Crippen molar-refractivity contribution in [2.75, 3.05) is 29.9 Å². The number of anilines is 2. The van der Waals surface area contributed by atoms with E-state index in [1.165, 1.54) is 0 Å². The largest absolute Gasteiger partial charge is 0.506 e. The maximum Gasteiger partial charge on any atom is 0.151 e. The van der Waals surface area contributed by atoms with Crippen LogP contribution in [-0.4, -0.2) is 50.9 Å². The molecule has 34 heavy (non-hydrogen) atoms. The smallest absolute Gasteiger partial charge is 0.151 e. The first-order valence-corrected chi connectivity index (χ1v) is 10.7. The van der Waals surface area contributed by atoms with Crippen LogP contribution in [0.2, 0.25) is 0 Å². The number of hydrogen-bond donors (Lipinski definition) is 3. The number of nitrogens with zero attached hydrogens (tertiary/aromatic N) is 5. The van der Waals surface area contributed by atoms with E-state index in [2.05, 4.69) is 48.7 Å². The number of aromatic nitrogens is 4. The lowest BCUT2D eigenvalue weighted by atomic mass is 10.1. The van der Waals surface area contributed by atoms with Crippen LogP contribution in [0.3, 0.4) is 0 Å². The molecule has 4 aromatic rings. The Morgan fingerprint density at radius 3 is 2.68 bits per heavy atom. The van der Waals surface area contributed by atoms with Gasteiger partial charge in [0.05, 0.1) is 17.4 Å². The lowest BCUT2D eigenvalue weighted by Crippen LogP contribution is -2.49. The van der Waals surface area contributed by atoms with Gasteiger partial charge in [0.2, 0.25) is 0 Å². The Morgan fingerprint density at radius 2 is 1.91 bits per heavy atom. The van der Waals surface area contributed by atoms with Gasteiger partial charge in [-0.25, -0.2) is 4.98 Å². The third-order valence-corrected chi connectivity index (χ3v) is 5.60. The lowest BCUT2D eigenvalue weighted by Gasteiger charge is -2.32. The van der Waals surface area contributed by atoms with Crippen LogP contribution in [-0.2, 0) is 6.54 Å². The quantitative estimate of drug-likeness (QED) is 0.378. The molecule has 0 bridgehead atoms. The van der Waals surface area contributed by atoms with E-state index in [-0.39, 0.29) is 30.6 Å². The number of piperazine rings is 1. The molecule has 5 rings (SSSR count). The first-order valence-electron chi connectivity index (χ1n) is 10.7. The monoisotopic (exact) mass is 499 g/mol. The zero-order chi connectivity index (χ0) is 21.9. The second-order valence-electron chi connectivity index (χ2n) is 8.06. The predicted octanol–water partition coefficient (Wildman–Crippen LogP) is 4.05. The van der Waals surface area contributed by atoms with Gasteiger partial charge in [-0.2, -0.15) is 0 Å². The molecule has 1 aliphatic rings. The van der Waals surface area contributed by atoms with Crippen molar-refractivity contribution >= 4 is 47.2 Å². The number of halogens is 2. The Bertz CT molecular complexity index is 1240. The van der Waals surface area contributed by atoms with E-state index in [0.29, 0.717) is 24.0 Å². The van der Waals surface area contributed by atoms with E-state index in [4.69, 9.17) is 0 Å². The maximum atomic E-state index is 10.5. The van der Waals surface area contributed by atoms with Crippen LogP contribution in [0, 0.1) is 0 Å². The molecule has 0 saturated carbocycles. The van der Waals surface area contributed by atoms with Gasteiger partial charge in [0.15, 0.2) is 5.82 Å². The minimum Gasteiger partial charge on any atom is -0.506 e. The second-order valence-corrected chi connectivity index (χ2v) is 8.06. The molecule has 178 valence electrons. The van der Waals surface area contributed by atoms with Gasteiger partial charge < -0.3 is 20.6 Å². The number of fused-ring (bicyclic) bond motifs is 1. The number of hydrogen-bond acceptors (Lipinski definition) is 8. The van der Waals surface area contributed by atoms with Crippen molar-refractivity contribution in [1.82, 2.24) is 25.5 Å². The van der Waals surface area contributed by atoms with Crippen molar-refractivity contribution in [2.24, 2.45) is 0 Å². The third-order valence-electron chi connectivity index (χ3n) is 5.60. The molecule has 4 heterocycles. The molecule has 8 nitrogen and oxygen atoms in total. The van der Waals surface area contributed by atoms with Gasteiger partial charge in [0.1, 0.15) is 17.1 Å². The number of aromatic hydroxyl groups is 1. The highest BCUT2D eigenvalue weighted by Gasteiger charge is 2.18. The van der Waals surface area contributed by atoms with Crippen molar-refractivity contribution in [3.8, 4) is 17.1 Å². The summed E-state index contributed by atoms with van der Waals surface area (Å²) in [6.07, 6.45) is 3.55. The van der Waals surface area contributed by atoms with Crippen molar-refractivity contribution < 1.29 is 5.11 Å². The molecule has 1 unspecified atom stereocenters. The number of para-hydroxylation sites is 1. The van der Waals surface area contributed by atoms with Crippen LogP contribution in [0.5, 0.6) is 5.75 Å². The molecule has 1 fully saturated rings. The molecule has 10 heteroatoms. The van der Waals surface area contributed by atoms with E-state index in [9.17, 15) is 5.11 Å². The highest BCUT2D eigenvalue weighted by Crippen LogP contribution is 2.28. The lowest BCUT2D eigenvalue weighted by molar-refractivity contribution is 0.475. The summed E-state index contributed by atoms with van der Waals surface area (Å²) < 4.78 is 0. The molecular formula is C24H27Cl2N7O. The minimum atomic E-state index is 0. The average molecular weight is 500 g/mol. The summed E-state index contributed by atoms with van der Waals surface area (Å²) in [6, 6.07) is 16.0. The molecule has 1 aromatic carbocycles. The van der Waals surface area contributed by atoms with E-state index >= 15 is 0 Å². The highest BCUT2D eigenvalue weighted by atomic mass is 35.5. The van der Waals surface area contributed by atoms with E-state index in [0.717, 1.165) is 47.6 Å². The Labute approximate surface area is 210 Å². The average Bonchev–Trinajstić information content (AvgIpc) is 2.83. The second kappa shape index (κ2) is 11.3. The van der Waals surface area contributed by atoms with E-state index in [1.807, 2.05) is 42.6 Å². The number of benzene rings is 1. The third kappa shape index (κ3) is 5.64. The summed E-state index contributed by atoms with van der Waals surface area (Å²) >= 11 is 0. The van der Waals surface area contributed by atoms with Gasteiger partial charge in [0, 0.05) is 49.9 Å². The van der Waals surface area contributed by atoms with Gasteiger partial charge in [-0.1, -0.05) is 18.2 Å². The van der Waals surface area contributed by atoms with Crippen LogP contribution in [0.15, 0.2) is 60.9 Å². The van der Waals surface area contributed by atoms with E-state index < -0.39 is 0 Å². The first kappa shape index (κ1) is 25.4. The van der Waals surface area contributed by atoms with Crippen LogP contribution >= 0.6 is 24.8 Å². The molecule has 0 amide bonds. The molecule has 3 aromatic heterocycles. The molecule has 1 aliphatic heterocycles. The van der Waals surface area contributed by atoms with Crippen LogP contribution in [0.4, 0.5) is 11.5 Å². The Morgan fingerprint density at radius 1 is 1.06 bits per heavy atom. The predicted molar refractivity (Wildman–Crippen MR) is 140 cm³/mol. The van der Waals surface area contributed by atoms with Gasteiger partial charge in [0.25, 0.3) is 0 Å². The van der Waals surface area contributed by atoms with Gasteiger partial charge in [-0.05, 0) is 36.8 Å².